The molecule has 2 heterocycles. The molecule has 294 valence electrons. The van der Waals surface area contributed by atoms with Crippen LogP contribution >= 0.6 is 7.60 Å². The Morgan fingerprint density at radius 3 is 1.88 bits per heavy atom. The summed E-state index contributed by atoms with van der Waals surface area (Å²) in [5, 5.41) is 21.3. The first-order chi connectivity index (χ1) is 24.5. The number of guanidine groups is 2. The fourth-order valence-corrected chi connectivity index (χ4v) is 7.46. The molecule has 1 aliphatic rings. The molecule has 1 aromatic rings. The Balaban J connectivity index is 1.93. The number of nitrogens with two attached hydrogens (primary N) is 4. The second-order valence-electron chi connectivity index (χ2n) is 13.1. The summed E-state index contributed by atoms with van der Waals surface area (Å²) >= 11 is 0. The number of ether oxygens (including phenoxy) is 1. The zero-order valence-corrected chi connectivity index (χ0v) is 31.3. The lowest BCUT2D eigenvalue weighted by atomic mass is 10.0. The third-order valence-corrected chi connectivity index (χ3v) is 10.7. The predicted molar refractivity (Wildman–Crippen MR) is 200 cm³/mol. The topological polar surface area (TPSA) is 272 Å². The van der Waals surface area contributed by atoms with E-state index in [1.54, 1.807) is 0 Å². The predicted octanol–water partition coefficient (Wildman–Crippen LogP) is 1.71. The van der Waals surface area contributed by atoms with Gasteiger partial charge in [0.15, 0.2) is 18.1 Å². The average Bonchev–Trinajstić information content (AvgIpc) is 3.36. The van der Waals surface area contributed by atoms with Crippen LogP contribution in [0.4, 0.5) is 0 Å². The summed E-state index contributed by atoms with van der Waals surface area (Å²) in [6.45, 7) is 3.76. The fraction of sp³-hybridized carbons (Fsp3) is 0.818. The van der Waals surface area contributed by atoms with E-state index in [1.807, 2.05) is 4.90 Å². The summed E-state index contributed by atoms with van der Waals surface area (Å²) in [6.07, 6.45) is 12.6. The van der Waals surface area contributed by atoms with Crippen LogP contribution < -0.4 is 34.2 Å². The van der Waals surface area contributed by atoms with Gasteiger partial charge < -0.3 is 46.9 Å². The summed E-state index contributed by atoms with van der Waals surface area (Å²) in [4.78, 5) is 35.8. The van der Waals surface area contributed by atoms with Gasteiger partial charge in [-0.3, -0.25) is 33.8 Å². The van der Waals surface area contributed by atoms with Gasteiger partial charge in [0.05, 0.1) is 32.5 Å². The zero-order chi connectivity index (χ0) is 37.5. The first kappa shape index (κ1) is 44.4. The van der Waals surface area contributed by atoms with Crippen molar-refractivity contribution in [3.63, 3.8) is 0 Å². The molecule has 0 radical (unpaired) electrons. The van der Waals surface area contributed by atoms with Crippen LogP contribution in [0.25, 0.3) is 0 Å². The summed E-state index contributed by atoms with van der Waals surface area (Å²) in [5.74, 6) is -0.103. The fourth-order valence-electron chi connectivity index (χ4n) is 5.82. The van der Waals surface area contributed by atoms with Crippen molar-refractivity contribution in [1.29, 1.82) is 0 Å². The van der Waals surface area contributed by atoms with Crippen LogP contribution in [-0.4, -0.2) is 107 Å². The van der Waals surface area contributed by atoms with Gasteiger partial charge >= 0.3 is 13.3 Å². The highest BCUT2D eigenvalue weighted by Crippen LogP contribution is 2.49. The van der Waals surface area contributed by atoms with E-state index in [-0.39, 0.29) is 37.8 Å². The van der Waals surface area contributed by atoms with E-state index >= 15 is 0 Å². The summed E-state index contributed by atoms with van der Waals surface area (Å²) in [7, 11) is -3.77. The Labute approximate surface area is 301 Å². The molecule has 5 atom stereocenters. The molecule has 1 aromatic heterocycles. The number of aromatic nitrogens is 2. The van der Waals surface area contributed by atoms with Crippen LogP contribution in [0.1, 0.15) is 103 Å². The molecule has 1 fully saturated rings. The maximum atomic E-state index is 14.1. The van der Waals surface area contributed by atoms with E-state index in [0.717, 1.165) is 36.1 Å². The van der Waals surface area contributed by atoms with Gasteiger partial charge in [-0.1, -0.05) is 90.4 Å². The molecular weight excluding hydrogens is 681 g/mol. The van der Waals surface area contributed by atoms with E-state index in [4.69, 9.17) is 36.7 Å². The minimum absolute atomic E-state index is 0.0105. The van der Waals surface area contributed by atoms with Gasteiger partial charge in [0.25, 0.3) is 5.56 Å². The van der Waals surface area contributed by atoms with Crippen molar-refractivity contribution in [1.82, 2.24) is 14.5 Å². The Hall–Kier alpha value is -2.79. The van der Waals surface area contributed by atoms with Crippen molar-refractivity contribution in [3.05, 3.63) is 33.1 Å². The second-order valence-corrected chi connectivity index (χ2v) is 15.3. The Kier molecular flexibility index (Phi) is 22.0. The normalized spacial score (nSPS) is 20.0. The molecule has 0 aromatic carbocycles. The van der Waals surface area contributed by atoms with Crippen molar-refractivity contribution in [3.8, 4) is 0 Å². The Bertz CT molecular complexity index is 1300. The molecule has 11 N–H and O–H groups in total. The van der Waals surface area contributed by atoms with Gasteiger partial charge in [-0.15, -0.1) is 0 Å². The van der Waals surface area contributed by atoms with Crippen LogP contribution in [0.5, 0.6) is 0 Å². The van der Waals surface area contributed by atoms with Crippen molar-refractivity contribution >= 4 is 19.5 Å². The van der Waals surface area contributed by atoms with Crippen LogP contribution in [0.15, 0.2) is 31.8 Å². The van der Waals surface area contributed by atoms with Crippen molar-refractivity contribution in [2.75, 3.05) is 52.1 Å². The first-order valence-electron chi connectivity index (χ1n) is 18.5. The lowest BCUT2D eigenvalue weighted by Gasteiger charge is -2.25. The zero-order valence-electron chi connectivity index (χ0n) is 30.4. The monoisotopic (exact) mass is 745 g/mol. The summed E-state index contributed by atoms with van der Waals surface area (Å²) in [6, 6.07) is 1.10. The smallest absolute Gasteiger partial charge is 0.332 e. The number of rotatable bonds is 29. The number of aromatic amines is 1. The largest absolute Gasteiger partial charge is 0.387 e. The Morgan fingerprint density at radius 1 is 0.843 bits per heavy atom. The number of H-pyrrole nitrogens is 1. The maximum Gasteiger partial charge on any atom is 0.332 e. The molecule has 51 heavy (non-hydrogen) atoms. The third kappa shape index (κ3) is 18.5. The number of hydrogen-bond acceptors (Lipinski definition) is 11. The minimum Gasteiger partial charge on any atom is -0.387 e. The quantitative estimate of drug-likeness (QED) is 0.0267. The average molecular weight is 746 g/mol. The molecular formula is C33H64N9O8P. The van der Waals surface area contributed by atoms with Crippen LogP contribution in [-0.2, 0) is 18.3 Å². The molecule has 0 saturated carbocycles. The highest BCUT2D eigenvalue weighted by atomic mass is 31.2. The van der Waals surface area contributed by atoms with Crippen molar-refractivity contribution < 1.29 is 28.6 Å². The molecule has 0 amide bonds. The molecule has 1 aliphatic heterocycles. The minimum atomic E-state index is -3.77. The summed E-state index contributed by atoms with van der Waals surface area (Å²) in [5.41, 5.74) is 20.5. The molecule has 0 aliphatic carbocycles. The number of unbranched alkanes of at least 4 members (excludes halogenated alkanes) is 13. The molecule has 1 saturated heterocycles. The third-order valence-electron chi connectivity index (χ3n) is 8.80. The maximum absolute atomic E-state index is 14.1. The molecule has 1 unspecified atom stereocenters. The van der Waals surface area contributed by atoms with Crippen molar-refractivity contribution in [2.45, 2.75) is 121 Å². The molecule has 0 bridgehead atoms. The Morgan fingerprint density at radius 2 is 1.37 bits per heavy atom. The van der Waals surface area contributed by atoms with Gasteiger partial charge in [-0.2, -0.15) is 0 Å². The number of nitrogens with zero attached hydrogens (tertiary/aromatic N) is 4. The number of hydrogen-bond donors (Lipinski definition) is 7. The van der Waals surface area contributed by atoms with Crippen LogP contribution in [0.3, 0.4) is 0 Å². The van der Waals surface area contributed by atoms with Gasteiger partial charge in [-0.05, 0) is 6.42 Å². The standard InChI is InChI=1S/C33H64N9O8P/c1-2-3-4-5-6-7-8-9-10-11-12-13-14-15-23-48-51(47,24-22-41(20-17-38-31(34)35)21-18-39-32(36)37)49-25-26-28(44)29(45)30(50-26)42-19-16-27(43)40-33(42)46/h16,19,26,28-30,44-45H,2-15,17-18,20-25H2,1H3,(H4,34,35,38)(H4,36,37,39)(H,40,43,46)/t26-,28-,29-,30-,51?/m1/s1. The highest BCUT2D eigenvalue weighted by Gasteiger charge is 2.45. The molecule has 18 heteroatoms. The number of aliphatic hydroxyl groups is 2. The van der Waals surface area contributed by atoms with E-state index in [1.165, 1.54) is 64.2 Å². The molecule has 2 rings (SSSR count). The van der Waals surface area contributed by atoms with Gasteiger partial charge in [0, 0.05) is 31.9 Å². The molecule has 0 spiro atoms. The van der Waals surface area contributed by atoms with E-state index < -0.39 is 43.4 Å². The number of nitrogens with one attached hydrogen (secondary N) is 1. The van der Waals surface area contributed by atoms with E-state index in [9.17, 15) is 24.4 Å². The van der Waals surface area contributed by atoms with Crippen molar-refractivity contribution in [2.24, 2.45) is 32.9 Å². The number of aliphatic imine (C=N–C) groups is 2. The van der Waals surface area contributed by atoms with E-state index in [0.29, 0.717) is 32.6 Å². The lowest BCUT2D eigenvalue weighted by molar-refractivity contribution is -0.0531. The van der Waals surface area contributed by atoms with Gasteiger partial charge in [-0.25, -0.2) is 4.79 Å². The highest BCUT2D eigenvalue weighted by molar-refractivity contribution is 7.53. The summed E-state index contributed by atoms with van der Waals surface area (Å²) < 4.78 is 32.6. The molecule has 17 nitrogen and oxygen atoms in total. The number of aliphatic hydroxyl groups excluding tert-OH is 2. The van der Waals surface area contributed by atoms with Gasteiger partial charge in [0.1, 0.15) is 18.3 Å². The SMILES string of the molecule is CCCCCCCCCCCCCCCCOP(=O)(CCN(CCN=C(N)N)CCN=C(N)N)OC[C@H]1O[C@@H](n2ccc(=O)[nH]c2=O)[C@H](O)[C@@H]1O. The first-order valence-corrected chi connectivity index (χ1v) is 20.2. The lowest BCUT2D eigenvalue weighted by Crippen LogP contribution is -2.37. The second kappa shape index (κ2) is 25.2. The van der Waals surface area contributed by atoms with E-state index in [2.05, 4.69) is 21.9 Å². The van der Waals surface area contributed by atoms with Crippen LogP contribution in [0.2, 0.25) is 0 Å². The van der Waals surface area contributed by atoms with Crippen LogP contribution in [0, 0.1) is 0 Å². The van der Waals surface area contributed by atoms with Gasteiger partial charge in [0.2, 0.25) is 0 Å².